The Kier molecular flexibility index (Phi) is 8.27. The summed E-state index contributed by atoms with van der Waals surface area (Å²) in [6, 6.07) is 15.9. The molecule has 1 unspecified atom stereocenters. The number of carboxylic acid groups (broad SMARTS) is 1. The highest BCUT2D eigenvalue weighted by atomic mass is 19.1. The molecule has 3 aromatic rings. The zero-order valence-corrected chi connectivity index (χ0v) is 26.1. The topological polar surface area (TPSA) is 84.4 Å². The SMILES string of the molecule is COC[C@H]1N(c2cccc(-c3cccc(C)c3OCc3ccc4c(c3F)CCN(C3CCOCC3)CC4)n2)CC2C[C@@]21C(=O)O. The summed E-state index contributed by atoms with van der Waals surface area (Å²) in [6.45, 7) is 6.50. The van der Waals surface area contributed by atoms with Crippen molar-refractivity contribution < 1.29 is 28.5 Å². The number of aryl methyl sites for hydroxylation is 1. The second kappa shape index (κ2) is 12.3. The third kappa shape index (κ3) is 5.49. The number of methoxy groups -OCH3 is 1. The Morgan fingerprint density at radius 1 is 1.11 bits per heavy atom. The molecule has 238 valence electrons. The zero-order valence-electron chi connectivity index (χ0n) is 26.1. The molecule has 0 bridgehead atoms. The Bertz CT molecular complexity index is 1580. The Balaban J connectivity index is 1.10. The van der Waals surface area contributed by atoms with Gasteiger partial charge in [0.25, 0.3) is 0 Å². The van der Waals surface area contributed by atoms with Gasteiger partial charge in [-0.1, -0.05) is 30.3 Å². The number of anilines is 1. The number of rotatable bonds is 9. The number of halogens is 1. The summed E-state index contributed by atoms with van der Waals surface area (Å²) in [6.07, 6.45) is 4.32. The highest BCUT2D eigenvalue weighted by Crippen LogP contribution is 2.62. The van der Waals surface area contributed by atoms with Gasteiger partial charge in [-0.2, -0.15) is 0 Å². The molecule has 45 heavy (non-hydrogen) atoms. The van der Waals surface area contributed by atoms with E-state index in [0.717, 1.165) is 79.3 Å². The van der Waals surface area contributed by atoms with Gasteiger partial charge >= 0.3 is 5.97 Å². The molecule has 0 spiro atoms. The van der Waals surface area contributed by atoms with Crippen molar-refractivity contribution in [2.45, 2.75) is 57.7 Å². The molecule has 4 heterocycles. The van der Waals surface area contributed by atoms with E-state index >= 15 is 4.39 Å². The minimum Gasteiger partial charge on any atom is -0.488 e. The number of fused-ring (bicyclic) bond motifs is 2. The Hall–Kier alpha value is -3.53. The summed E-state index contributed by atoms with van der Waals surface area (Å²) >= 11 is 0. The number of pyridine rings is 1. The maximum absolute atomic E-state index is 16.0. The summed E-state index contributed by atoms with van der Waals surface area (Å²) in [4.78, 5) is 21.8. The number of nitrogens with zero attached hydrogens (tertiary/aromatic N) is 3. The number of benzene rings is 2. The van der Waals surface area contributed by atoms with Crippen molar-refractivity contribution in [1.82, 2.24) is 9.88 Å². The van der Waals surface area contributed by atoms with Crippen molar-refractivity contribution in [2.24, 2.45) is 11.3 Å². The molecule has 3 atom stereocenters. The fourth-order valence-electron chi connectivity index (χ4n) is 7.98. The van der Waals surface area contributed by atoms with Crippen molar-refractivity contribution in [2.75, 3.05) is 51.5 Å². The zero-order chi connectivity index (χ0) is 31.1. The number of carbonyl (C=O) groups is 1. The van der Waals surface area contributed by atoms with Crippen LogP contribution in [0, 0.1) is 24.1 Å². The molecule has 1 aromatic heterocycles. The molecule has 0 radical (unpaired) electrons. The molecule has 2 aromatic carbocycles. The maximum atomic E-state index is 16.0. The van der Waals surface area contributed by atoms with Crippen LogP contribution < -0.4 is 9.64 Å². The second-order valence-corrected chi connectivity index (χ2v) is 13.0. The van der Waals surface area contributed by atoms with E-state index in [-0.39, 0.29) is 24.4 Å². The Labute approximate surface area is 264 Å². The summed E-state index contributed by atoms with van der Waals surface area (Å²) in [7, 11) is 1.61. The van der Waals surface area contributed by atoms with E-state index in [2.05, 4.69) is 15.9 Å². The number of aliphatic carboxylic acids is 1. The van der Waals surface area contributed by atoms with Gasteiger partial charge in [0, 0.05) is 57.1 Å². The van der Waals surface area contributed by atoms with Crippen LogP contribution in [0.15, 0.2) is 48.5 Å². The summed E-state index contributed by atoms with van der Waals surface area (Å²) in [5.41, 5.74) is 4.18. The van der Waals surface area contributed by atoms with Gasteiger partial charge in [-0.3, -0.25) is 9.69 Å². The first-order valence-corrected chi connectivity index (χ1v) is 16.2. The van der Waals surface area contributed by atoms with Crippen LogP contribution in [0.25, 0.3) is 11.3 Å². The Morgan fingerprint density at radius 3 is 2.71 bits per heavy atom. The molecule has 1 N–H and O–H groups in total. The molecular weight excluding hydrogens is 573 g/mol. The van der Waals surface area contributed by atoms with E-state index < -0.39 is 11.4 Å². The van der Waals surface area contributed by atoms with Gasteiger partial charge in [0.05, 0.1) is 23.8 Å². The Morgan fingerprint density at radius 2 is 1.91 bits per heavy atom. The van der Waals surface area contributed by atoms with Crippen molar-refractivity contribution in [3.8, 4) is 17.0 Å². The van der Waals surface area contributed by atoms with Gasteiger partial charge < -0.3 is 24.2 Å². The third-order valence-electron chi connectivity index (χ3n) is 10.6. The van der Waals surface area contributed by atoms with Gasteiger partial charge in [-0.15, -0.1) is 0 Å². The minimum atomic E-state index is -0.771. The van der Waals surface area contributed by atoms with E-state index in [9.17, 15) is 9.90 Å². The highest BCUT2D eigenvalue weighted by molar-refractivity contribution is 5.82. The molecule has 2 saturated heterocycles. The molecule has 9 heteroatoms. The highest BCUT2D eigenvalue weighted by Gasteiger charge is 2.71. The molecule has 7 rings (SSSR count). The number of aromatic nitrogens is 1. The third-order valence-corrected chi connectivity index (χ3v) is 10.6. The largest absolute Gasteiger partial charge is 0.488 e. The van der Waals surface area contributed by atoms with Gasteiger partial charge in [-0.05, 0) is 79.8 Å². The van der Waals surface area contributed by atoms with Crippen molar-refractivity contribution in [3.63, 3.8) is 0 Å². The lowest BCUT2D eigenvalue weighted by molar-refractivity contribution is -0.144. The van der Waals surface area contributed by atoms with Gasteiger partial charge in [0.15, 0.2) is 0 Å². The van der Waals surface area contributed by atoms with Crippen molar-refractivity contribution in [3.05, 3.63) is 76.6 Å². The van der Waals surface area contributed by atoms with E-state index in [1.54, 1.807) is 7.11 Å². The average Bonchev–Trinajstić information content (AvgIpc) is 3.76. The molecule has 8 nitrogen and oxygen atoms in total. The van der Waals surface area contributed by atoms with Crippen LogP contribution in [0.5, 0.6) is 5.75 Å². The molecule has 3 aliphatic heterocycles. The molecule has 4 aliphatic rings. The van der Waals surface area contributed by atoms with Gasteiger partial charge in [0.1, 0.15) is 24.0 Å². The van der Waals surface area contributed by atoms with Crippen LogP contribution >= 0.6 is 0 Å². The van der Waals surface area contributed by atoms with Crippen LogP contribution in [0.3, 0.4) is 0 Å². The van der Waals surface area contributed by atoms with Crippen LogP contribution in [0.1, 0.15) is 41.5 Å². The number of carboxylic acids is 1. The van der Waals surface area contributed by atoms with Crippen molar-refractivity contribution in [1.29, 1.82) is 0 Å². The molecule has 1 saturated carbocycles. The summed E-state index contributed by atoms with van der Waals surface area (Å²) in [5.74, 6) is 0.576. The number of hydrogen-bond acceptors (Lipinski definition) is 7. The van der Waals surface area contributed by atoms with E-state index in [1.165, 1.54) is 0 Å². The van der Waals surface area contributed by atoms with Crippen molar-refractivity contribution >= 4 is 11.8 Å². The first-order valence-electron chi connectivity index (χ1n) is 16.2. The molecular formula is C36H42FN3O5. The fraction of sp³-hybridized carbons (Fsp3) is 0.500. The average molecular weight is 616 g/mol. The normalized spacial score (nSPS) is 25.0. The van der Waals surface area contributed by atoms with Crippen LogP contribution in [0.4, 0.5) is 10.2 Å². The molecule has 1 aliphatic carbocycles. The van der Waals surface area contributed by atoms with Crippen LogP contribution in [-0.2, 0) is 33.7 Å². The number of ether oxygens (including phenoxy) is 3. The fourth-order valence-corrected chi connectivity index (χ4v) is 7.98. The number of para-hydroxylation sites is 1. The predicted octanol–water partition coefficient (Wildman–Crippen LogP) is 5.28. The van der Waals surface area contributed by atoms with Crippen LogP contribution in [-0.4, -0.2) is 79.6 Å². The van der Waals surface area contributed by atoms with Gasteiger partial charge in [0.2, 0.25) is 0 Å². The second-order valence-electron chi connectivity index (χ2n) is 13.0. The summed E-state index contributed by atoms with van der Waals surface area (Å²) < 4.78 is 33.4. The standard InChI is InChI=1S/C36H42FN3O5/c1-23-5-3-6-29(30-7-4-8-32(38-30)40-20-26-19-36(26,35(41)42)31(40)22-43-2)34(23)45-21-25-10-9-24-11-15-39(16-12-28(24)33(25)37)27-13-17-44-18-14-27/h3-10,26-27,31H,11-22H2,1-2H3,(H,41,42)/t26?,31-,36-/m1/s1. The predicted molar refractivity (Wildman–Crippen MR) is 169 cm³/mol. The lowest BCUT2D eigenvalue weighted by Crippen LogP contribution is -2.43. The van der Waals surface area contributed by atoms with E-state index in [1.807, 2.05) is 49.4 Å². The van der Waals surface area contributed by atoms with Crippen LogP contribution in [0.2, 0.25) is 0 Å². The van der Waals surface area contributed by atoms with E-state index in [4.69, 9.17) is 19.2 Å². The molecule has 3 fully saturated rings. The minimum absolute atomic E-state index is 0.0965. The number of hydrogen-bond donors (Lipinski definition) is 1. The quantitative estimate of drug-likeness (QED) is 0.348. The number of piperidine rings is 1. The summed E-state index contributed by atoms with van der Waals surface area (Å²) in [5, 5.41) is 10.0. The molecule has 0 amide bonds. The maximum Gasteiger partial charge on any atom is 0.312 e. The first kappa shape index (κ1) is 30.1. The lowest BCUT2D eigenvalue weighted by Gasteiger charge is -2.33. The first-order chi connectivity index (χ1) is 21.9. The monoisotopic (exact) mass is 615 g/mol. The smallest absolute Gasteiger partial charge is 0.312 e. The lowest BCUT2D eigenvalue weighted by atomic mass is 9.97. The van der Waals surface area contributed by atoms with Gasteiger partial charge in [-0.25, -0.2) is 9.37 Å². The van der Waals surface area contributed by atoms with E-state index in [0.29, 0.717) is 43.3 Å².